The third kappa shape index (κ3) is 3.60. The van der Waals surface area contributed by atoms with E-state index in [1.165, 1.54) is 5.56 Å². The van der Waals surface area contributed by atoms with Crippen LogP contribution in [0.1, 0.15) is 17.5 Å². The lowest BCUT2D eigenvalue weighted by molar-refractivity contribution is -0.117. The Bertz CT molecular complexity index is 363. The Morgan fingerprint density at radius 2 is 2.07 bits per heavy atom. The van der Waals surface area contributed by atoms with Crippen LogP contribution in [-0.4, -0.2) is 11.1 Å². The number of benzene rings is 1. The summed E-state index contributed by atoms with van der Waals surface area (Å²) in [4.78, 5) is 14.4. The fraction of sp³-hybridized carbons (Fsp3) is 0.273. The molecule has 0 saturated heterocycles. The van der Waals surface area contributed by atoms with E-state index in [2.05, 4.69) is 22.4 Å². The summed E-state index contributed by atoms with van der Waals surface area (Å²) in [5.41, 5.74) is 2.36. The van der Waals surface area contributed by atoms with Gasteiger partial charge in [-0.3, -0.25) is 4.79 Å². The highest BCUT2D eigenvalue weighted by Gasteiger charge is 1.99. The average Bonchev–Trinajstić information content (AvgIpc) is 2.17. The third-order valence-electron chi connectivity index (χ3n) is 1.92. The lowest BCUT2D eigenvalue weighted by Gasteiger charge is -1.98. The van der Waals surface area contributed by atoms with Crippen LogP contribution >= 0.6 is 12.2 Å². The highest BCUT2D eigenvalue weighted by Crippen LogP contribution is 2.05. The van der Waals surface area contributed by atoms with E-state index in [4.69, 9.17) is 0 Å². The number of aliphatic imine (C=N–C) groups is 1. The van der Waals surface area contributed by atoms with Crippen molar-refractivity contribution >= 4 is 23.3 Å². The Morgan fingerprint density at radius 3 is 2.64 bits per heavy atom. The Hall–Kier alpha value is -1.31. The summed E-state index contributed by atoms with van der Waals surface area (Å²) in [5, 5.41) is 2.07. The molecule has 0 heterocycles. The van der Waals surface area contributed by atoms with Crippen LogP contribution in [0.3, 0.4) is 0 Å². The molecular weight excluding hydrogens is 194 g/mol. The molecule has 0 aliphatic heterocycles. The molecule has 1 aromatic carbocycles. The van der Waals surface area contributed by atoms with E-state index < -0.39 is 0 Å². The number of rotatable bonds is 3. The zero-order valence-corrected chi connectivity index (χ0v) is 8.80. The van der Waals surface area contributed by atoms with Gasteiger partial charge in [0.25, 0.3) is 5.91 Å². The smallest absolute Gasteiger partial charge is 0.254 e. The van der Waals surface area contributed by atoms with Crippen LogP contribution in [0.15, 0.2) is 29.3 Å². The molecule has 0 aliphatic rings. The van der Waals surface area contributed by atoms with Crippen LogP contribution in [0.25, 0.3) is 0 Å². The number of hydrogen-bond acceptors (Lipinski definition) is 2. The van der Waals surface area contributed by atoms with Crippen molar-refractivity contribution in [3.8, 4) is 0 Å². The number of nitrogens with zero attached hydrogens (tertiary/aromatic N) is 1. The summed E-state index contributed by atoms with van der Waals surface area (Å²) >= 11 is 4.34. The van der Waals surface area contributed by atoms with Gasteiger partial charge in [0, 0.05) is 6.42 Å². The monoisotopic (exact) mass is 205 g/mol. The molecule has 0 fully saturated rings. The molecule has 0 bridgehead atoms. The highest BCUT2D eigenvalue weighted by atomic mass is 32.1. The molecular formula is C11H11NOS. The van der Waals surface area contributed by atoms with Crippen LogP contribution in [0.2, 0.25) is 0 Å². The van der Waals surface area contributed by atoms with Crippen LogP contribution in [-0.2, 0) is 11.2 Å². The zero-order valence-electron chi connectivity index (χ0n) is 7.99. The van der Waals surface area contributed by atoms with Crippen molar-refractivity contribution in [2.75, 3.05) is 0 Å². The highest BCUT2D eigenvalue weighted by molar-refractivity contribution is 7.78. The SMILES string of the molecule is Cc1ccc(CCC(=O)N=C=S)cc1. The summed E-state index contributed by atoms with van der Waals surface area (Å²) in [6, 6.07) is 8.10. The number of hydrogen-bond donors (Lipinski definition) is 0. The molecule has 14 heavy (non-hydrogen) atoms. The van der Waals surface area contributed by atoms with Gasteiger partial charge >= 0.3 is 0 Å². The molecule has 72 valence electrons. The van der Waals surface area contributed by atoms with E-state index in [1.54, 1.807) is 0 Å². The topological polar surface area (TPSA) is 29.4 Å². The molecule has 1 amide bonds. The Morgan fingerprint density at radius 1 is 1.43 bits per heavy atom. The predicted molar refractivity (Wildman–Crippen MR) is 59.5 cm³/mol. The summed E-state index contributed by atoms with van der Waals surface area (Å²) in [5.74, 6) is -0.208. The lowest BCUT2D eigenvalue weighted by Crippen LogP contribution is -1.95. The van der Waals surface area contributed by atoms with Crippen molar-refractivity contribution in [1.82, 2.24) is 0 Å². The molecule has 0 N–H and O–H groups in total. The van der Waals surface area contributed by atoms with Gasteiger partial charge in [0.15, 0.2) is 0 Å². The molecule has 3 heteroatoms. The Kier molecular flexibility index (Phi) is 4.17. The average molecular weight is 205 g/mol. The zero-order chi connectivity index (χ0) is 10.4. The van der Waals surface area contributed by atoms with Gasteiger partial charge in [-0.15, -0.1) is 0 Å². The maximum absolute atomic E-state index is 11.0. The number of thiocarbonyl (C=S) groups is 1. The van der Waals surface area contributed by atoms with Gasteiger partial charge in [0.1, 0.15) is 0 Å². The molecule has 0 atom stereocenters. The molecule has 0 spiro atoms. The number of amides is 1. The van der Waals surface area contributed by atoms with Gasteiger partial charge in [-0.05, 0) is 31.1 Å². The molecule has 1 rings (SSSR count). The summed E-state index contributed by atoms with van der Waals surface area (Å²) in [6.45, 7) is 2.03. The number of aryl methyl sites for hydroxylation is 2. The lowest BCUT2D eigenvalue weighted by atomic mass is 10.1. The molecule has 0 radical (unpaired) electrons. The Labute approximate surface area is 88.7 Å². The third-order valence-corrected chi connectivity index (χ3v) is 2.01. The first-order valence-corrected chi connectivity index (χ1v) is 4.79. The van der Waals surface area contributed by atoms with E-state index in [0.29, 0.717) is 12.8 Å². The van der Waals surface area contributed by atoms with Crippen molar-refractivity contribution in [3.63, 3.8) is 0 Å². The largest absolute Gasteiger partial charge is 0.272 e. The maximum atomic E-state index is 11.0. The normalized spacial score (nSPS) is 9.21. The van der Waals surface area contributed by atoms with Crippen molar-refractivity contribution in [2.45, 2.75) is 19.8 Å². The number of carbonyl (C=O) groups excluding carboxylic acids is 1. The van der Waals surface area contributed by atoms with E-state index >= 15 is 0 Å². The first-order valence-electron chi connectivity index (χ1n) is 4.38. The van der Waals surface area contributed by atoms with Crippen LogP contribution < -0.4 is 0 Å². The molecule has 2 nitrogen and oxygen atoms in total. The molecule has 0 unspecified atom stereocenters. The first-order chi connectivity index (χ1) is 6.72. The summed E-state index contributed by atoms with van der Waals surface area (Å²) in [6.07, 6.45) is 1.10. The number of isothiocyanates is 1. The van der Waals surface area contributed by atoms with Gasteiger partial charge in [-0.25, -0.2) is 0 Å². The van der Waals surface area contributed by atoms with Crippen molar-refractivity contribution < 1.29 is 4.79 Å². The van der Waals surface area contributed by atoms with Crippen molar-refractivity contribution in [2.24, 2.45) is 4.99 Å². The second kappa shape index (κ2) is 5.43. The van der Waals surface area contributed by atoms with Gasteiger partial charge in [0.2, 0.25) is 0 Å². The maximum Gasteiger partial charge on any atom is 0.254 e. The number of carbonyl (C=O) groups is 1. The van der Waals surface area contributed by atoms with Crippen molar-refractivity contribution in [3.05, 3.63) is 35.4 Å². The van der Waals surface area contributed by atoms with E-state index in [0.717, 1.165) is 5.56 Å². The van der Waals surface area contributed by atoms with E-state index in [1.807, 2.05) is 31.2 Å². The second-order valence-electron chi connectivity index (χ2n) is 3.08. The second-order valence-corrected chi connectivity index (χ2v) is 3.27. The minimum Gasteiger partial charge on any atom is -0.272 e. The minimum atomic E-state index is -0.208. The van der Waals surface area contributed by atoms with Crippen molar-refractivity contribution in [1.29, 1.82) is 0 Å². The molecule has 0 saturated carbocycles. The predicted octanol–water partition coefficient (Wildman–Crippen LogP) is 2.56. The minimum absolute atomic E-state index is 0.208. The molecule has 1 aromatic rings. The standard InChI is InChI=1S/C11H11NOS/c1-9-2-4-10(5-3-9)6-7-11(13)12-8-14/h2-5H,6-7H2,1H3. The van der Waals surface area contributed by atoms with Gasteiger partial charge < -0.3 is 0 Å². The van der Waals surface area contributed by atoms with E-state index in [9.17, 15) is 4.79 Å². The van der Waals surface area contributed by atoms with Gasteiger partial charge in [-0.1, -0.05) is 29.8 Å². The molecule has 0 aliphatic carbocycles. The Balaban J connectivity index is 2.49. The first kappa shape index (κ1) is 10.8. The summed E-state index contributed by atoms with van der Waals surface area (Å²) < 4.78 is 0. The quantitative estimate of drug-likeness (QED) is 0.560. The van der Waals surface area contributed by atoms with Gasteiger partial charge in [-0.2, -0.15) is 4.99 Å². The summed E-state index contributed by atoms with van der Waals surface area (Å²) in [7, 11) is 0. The van der Waals surface area contributed by atoms with Crippen LogP contribution in [0.5, 0.6) is 0 Å². The van der Waals surface area contributed by atoms with Crippen LogP contribution in [0.4, 0.5) is 0 Å². The van der Waals surface area contributed by atoms with E-state index in [-0.39, 0.29) is 5.91 Å². The fourth-order valence-corrected chi connectivity index (χ4v) is 1.21. The van der Waals surface area contributed by atoms with Gasteiger partial charge in [0.05, 0.1) is 5.16 Å². The molecule has 0 aromatic heterocycles. The van der Waals surface area contributed by atoms with Crippen LogP contribution in [0, 0.1) is 6.92 Å². The fourth-order valence-electron chi connectivity index (χ4n) is 1.11.